The van der Waals surface area contributed by atoms with Gasteiger partial charge in [-0.05, 0) is 24.0 Å². The molecular weight excluding hydrogens is 266 g/mol. The van der Waals surface area contributed by atoms with E-state index >= 15 is 0 Å². The van der Waals surface area contributed by atoms with Crippen LogP contribution >= 0.6 is 0 Å². The Morgan fingerprint density at radius 3 is 2.76 bits per heavy atom. The number of benzene rings is 1. The molecule has 0 aliphatic heterocycles. The smallest absolute Gasteiger partial charge is 0.176 e. The number of hydrogen-bond donors (Lipinski definition) is 1. The molecule has 2 rings (SSSR count). The summed E-state index contributed by atoms with van der Waals surface area (Å²) in [6.07, 6.45) is 1.03. The Bertz CT molecular complexity index is 574. The average molecular weight is 291 g/mol. The second-order valence-electron chi connectivity index (χ2n) is 6.10. The summed E-state index contributed by atoms with van der Waals surface area (Å²) >= 11 is 0. The summed E-state index contributed by atoms with van der Waals surface area (Å²) < 4.78 is 16.3. The summed E-state index contributed by atoms with van der Waals surface area (Å²) in [7, 11) is 3.40. The molecule has 1 aromatic carbocycles. The number of methoxy groups -OCH3 is 2. The van der Waals surface area contributed by atoms with Gasteiger partial charge in [0.1, 0.15) is 5.76 Å². The molecule has 4 nitrogen and oxygen atoms in total. The van der Waals surface area contributed by atoms with Crippen LogP contribution in [-0.4, -0.2) is 27.4 Å². The molecule has 0 saturated heterocycles. The van der Waals surface area contributed by atoms with Crippen molar-refractivity contribution in [1.29, 1.82) is 0 Å². The molecule has 0 unspecified atom stereocenters. The summed E-state index contributed by atoms with van der Waals surface area (Å²) in [6.45, 7) is 6.90. The molecule has 2 aromatic rings. The first-order chi connectivity index (χ1) is 10.1. The largest absolute Gasteiger partial charge is 0.493 e. The van der Waals surface area contributed by atoms with Crippen LogP contribution in [0, 0.1) is 5.41 Å². The molecule has 0 fully saturated rings. The normalized spacial score (nSPS) is 12.0. The predicted octanol–water partition coefficient (Wildman–Crippen LogP) is 3.59. The Morgan fingerprint density at radius 2 is 2.05 bits per heavy atom. The molecule has 0 radical (unpaired) electrons. The molecule has 0 spiro atoms. The fourth-order valence-corrected chi connectivity index (χ4v) is 2.33. The lowest BCUT2D eigenvalue weighted by atomic mass is 9.90. The van der Waals surface area contributed by atoms with Crippen LogP contribution < -0.4 is 10.1 Å². The van der Waals surface area contributed by atoms with Crippen molar-refractivity contribution in [3.8, 4) is 5.75 Å². The summed E-state index contributed by atoms with van der Waals surface area (Å²) in [5.74, 6) is 1.70. The third-order valence-corrected chi connectivity index (χ3v) is 3.66. The molecule has 116 valence electrons. The number of ether oxygens (including phenoxy) is 2. The van der Waals surface area contributed by atoms with Gasteiger partial charge >= 0.3 is 0 Å². The maximum atomic E-state index is 5.87. The first kappa shape index (κ1) is 15.9. The van der Waals surface area contributed by atoms with Gasteiger partial charge in [-0.2, -0.15) is 0 Å². The summed E-state index contributed by atoms with van der Waals surface area (Å²) in [5.41, 5.74) is 1.02. The summed E-state index contributed by atoms with van der Waals surface area (Å²) in [5, 5.41) is 4.53. The Morgan fingerprint density at radius 1 is 1.24 bits per heavy atom. The van der Waals surface area contributed by atoms with Crippen molar-refractivity contribution in [3.05, 3.63) is 30.0 Å². The molecule has 0 atom stereocenters. The van der Waals surface area contributed by atoms with Crippen LogP contribution in [0.15, 0.2) is 28.7 Å². The topological polar surface area (TPSA) is 43.6 Å². The highest BCUT2D eigenvalue weighted by Gasteiger charge is 2.17. The van der Waals surface area contributed by atoms with Crippen LogP contribution in [0.5, 0.6) is 5.75 Å². The minimum absolute atomic E-state index is 0.208. The molecule has 1 heterocycles. The molecule has 0 aliphatic carbocycles. The maximum Gasteiger partial charge on any atom is 0.176 e. The van der Waals surface area contributed by atoms with E-state index in [4.69, 9.17) is 13.9 Å². The van der Waals surface area contributed by atoms with Crippen molar-refractivity contribution in [2.24, 2.45) is 5.41 Å². The van der Waals surface area contributed by atoms with Crippen molar-refractivity contribution in [2.45, 2.75) is 26.8 Å². The van der Waals surface area contributed by atoms with Crippen molar-refractivity contribution >= 4 is 11.0 Å². The van der Waals surface area contributed by atoms with Crippen LogP contribution in [0.4, 0.5) is 0 Å². The fraction of sp³-hybridized carbons (Fsp3) is 0.529. The number of rotatable bonds is 8. The van der Waals surface area contributed by atoms with Crippen molar-refractivity contribution in [2.75, 3.05) is 27.4 Å². The zero-order chi connectivity index (χ0) is 15.3. The number of hydrogen-bond acceptors (Lipinski definition) is 4. The minimum Gasteiger partial charge on any atom is -0.493 e. The van der Waals surface area contributed by atoms with Crippen molar-refractivity contribution < 1.29 is 13.9 Å². The molecule has 0 aliphatic rings. The van der Waals surface area contributed by atoms with E-state index in [-0.39, 0.29) is 5.41 Å². The lowest BCUT2D eigenvalue weighted by molar-refractivity contribution is 0.150. The van der Waals surface area contributed by atoms with Crippen LogP contribution in [0.3, 0.4) is 0 Å². The Hall–Kier alpha value is -1.52. The van der Waals surface area contributed by atoms with Crippen LogP contribution in [0.25, 0.3) is 11.0 Å². The molecule has 1 aromatic heterocycles. The van der Waals surface area contributed by atoms with E-state index < -0.39 is 0 Å². The Balaban J connectivity index is 1.95. The third-order valence-electron chi connectivity index (χ3n) is 3.66. The highest BCUT2D eigenvalue weighted by molar-refractivity contribution is 5.83. The highest BCUT2D eigenvalue weighted by Crippen LogP contribution is 2.28. The first-order valence-corrected chi connectivity index (χ1v) is 7.31. The predicted molar refractivity (Wildman–Crippen MR) is 84.7 cm³/mol. The van der Waals surface area contributed by atoms with Gasteiger partial charge in [0.2, 0.25) is 0 Å². The van der Waals surface area contributed by atoms with E-state index in [0.717, 1.165) is 42.1 Å². The van der Waals surface area contributed by atoms with Gasteiger partial charge in [-0.1, -0.05) is 26.0 Å². The second-order valence-corrected chi connectivity index (χ2v) is 6.10. The Kier molecular flexibility index (Phi) is 5.26. The van der Waals surface area contributed by atoms with Crippen molar-refractivity contribution in [1.82, 2.24) is 5.32 Å². The van der Waals surface area contributed by atoms with Gasteiger partial charge in [-0.25, -0.2) is 0 Å². The first-order valence-electron chi connectivity index (χ1n) is 7.31. The SMILES string of the molecule is COCCC(C)(C)CNCc1cc2cccc(OC)c2o1. The van der Waals surface area contributed by atoms with Crippen molar-refractivity contribution in [3.63, 3.8) is 0 Å². The van der Waals surface area contributed by atoms with E-state index in [9.17, 15) is 0 Å². The van der Waals surface area contributed by atoms with Crippen LogP contribution in [0.2, 0.25) is 0 Å². The highest BCUT2D eigenvalue weighted by atomic mass is 16.5. The maximum absolute atomic E-state index is 5.87. The molecule has 0 amide bonds. The summed E-state index contributed by atoms with van der Waals surface area (Å²) in [6, 6.07) is 7.99. The number of nitrogens with one attached hydrogen (secondary N) is 1. The van der Waals surface area contributed by atoms with E-state index in [1.54, 1.807) is 14.2 Å². The van der Waals surface area contributed by atoms with Gasteiger partial charge in [-0.3, -0.25) is 0 Å². The van der Waals surface area contributed by atoms with Crippen LogP contribution in [-0.2, 0) is 11.3 Å². The molecule has 4 heteroatoms. The molecule has 0 bridgehead atoms. The van der Waals surface area contributed by atoms with Gasteiger partial charge in [0.05, 0.1) is 13.7 Å². The summed E-state index contributed by atoms with van der Waals surface area (Å²) in [4.78, 5) is 0. The minimum atomic E-state index is 0.208. The lowest BCUT2D eigenvalue weighted by Crippen LogP contribution is -2.30. The van der Waals surface area contributed by atoms with E-state index in [1.165, 1.54) is 0 Å². The fourth-order valence-electron chi connectivity index (χ4n) is 2.33. The van der Waals surface area contributed by atoms with Gasteiger partial charge < -0.3 is 19.2 Å². The van der Waals surface area contributed by atoms with Gasteiger partial charge in [-0.15, -0.1) is 0 Å². The van der Waals surface area contributed by atoms with E-state index in [2.05, 4.69) is 25.2 Å². The van der Waals surface area contributed by atoms with Gasteiger partial charge in [0.15, 0.2) is 11.3 Å². The molecule has 1 N–H and O–H groups in total. The molecule has 21 heavy (non-hydrogen) atoms. The number of fused-ring (bicyclic) bond motifs is 1. The lowest BCUT2D eigenvalue weighted by Gasteiger charge is -2.24. The van der Waals surface area contributed by atoms with Gasteiger partial charge in [0.25, 0.3) is 0 Å². The van der Waals surface area contributed by atoms with Gasteiger partial charge in [0, 0.05) is 25.6 Å². The standard InChI is InChI=1S/C17H25NO3/c1-17(2,8-9-19-3)12-18-11-14-10-13-6-5-7-15(20-4)16(13)21-14/h5-7,10,18H,8-9,11-12H2,1-4H3. The zero-order valence-corrected chi connectivity index (χ0v) is 13.4. The van der Waals surface area contributed by atoms with E-state index in [0.29, 0.717) is 6.54 Å². The third kappa shape index (κ3) is 4.22. The number of para-hydroxylation sites is 1. The molecular formula is C17H25NO3. The molecule has 0 saturated carbocycles. The zero-order valence-electron chi connectivity index (χ0n) is 13.4. The van der Waals surface area contributed by atoms with E-state index in [1.807, 2.05) is 18.2 Å². The quantitative estimate of drug-likeness (QED) is 0.807. The number of furan rings is 1. The Labute approximate surface area is 126 Å². The van der Waals surface area contributed by atoms with Crippen LogP contribution in [0.1, 0.15) is 26.0 Å². The average Bonchev–Trinajstić information content (AvgIpc) is 2.87. The second kappa shape index (κ2) is 6.96. The monoisotopic (exact) mass is 291 g/mol.